The normalized spacial score (nSPS) is 27.0. The first-order chi connectivity index (χ1) is 16.4. The maximum absolute atomic E-state index is 14.3. The van der Waals surface area contributed by atoms with Crippen LogP contribution in [0.5, 0.6) is 0 Å². The van der Waals surface area contributed by atoms with Gasteiger partial charge in [-0.2, -0.15) is 0 Å². The van der Waals surface area contributed by atoms with Crippen molar-refractivity contribution in [3.05, 3.63) is 35.4 Å². The number of rotatable bonds is 13. The third kappa shape index (κ3) is 8.02. The second-order valence-electron chi connectivity index (χ2n) is 11.5. The van der Waals surface area contributed by atoms with Gasteiger partial charge in [0.15, 0.2) is 6.17 Å². The lowest BCUT2D eigenvalue weighted by Gasteiger charge is -2.38. The fourth-order valence-electron chi connectivity index (χ4n) is 6.73. The van der Waals surface area contributed by atoms with E-state index in [1.165, 1.54) is 102 Å². The minimum Gasteiger partial charge on any atom is -0.236 e. The van der Waals surface area contributed by atoms with E-state index in [4.69, 9.17) is 0 Å². The van der Waals surface area contributed by atoms with Crippen LogP contribution >= 0.6 is 0 Å². The van der Waals surface area contributed by atoms with Crippen molar-refractivity contribution >= 4 is 0 Å². The van der Waals surface area contributed by atoms with E-state index in [2.05, 4.69) is 6.92 Å². The Hall–Kier alpha value is -0.990. The number of hydrogen-bond acceptors (Lipinski definition) is 0. The van der Waals surface area contributed by atoms with Crippen molar-refractivity contribution in [3.63, 3.8) is 0 Å². The van der Waals surface area contributed by atoms with Crippen molar-refractivity contribution in [3.8, 4) is 0 Å². The molecular weight excluding hydrogens is 429 g/mol. The molecule has 2 saturated carbocycles. The van der Waals surface area contributed by atoms with Crippen LogP contribution in [0.3, 0.4) is 0 Å². The Bertz CT molecular complexity index is 666. The summed E-state index contributed by atoms with van der Waals surface area (Å²) < 4.78 is 42.2. The predicted molar refractivity (Wildman–Crippen MR) is 138 cm³/mol. The monoisotopic (exact) mass is 478 g/mol. The summed E-state index contributed by atoms with van der Waals surface area (Å²) >= 11 is 0. The first kappa shape index (κ1) is 27.6. The number of unbranched alkanes of at least 4 members (excludes halogenated alkanes) is 5. The predicted octanol–water partition coefficient (Wildman–Crippen LogP) is 11.0. The molecule has 0 bridgehead atoms. The van der Waals surface area contributed by atoms with Crippen molar-refractivity contribution in [1.82, 2.24) is 0 Å². The fourth-order valence-corrected chi connectivity index (χ4v) is 6.73. The van der Waals surface area contributed by atoms with Gasteiger partial charge in [-0.1, -0.05) is 102 Å². The van der Waals surface area contributed by atoms with Gasteiger partial charge in [-0.05, 0) is 73.3 Å². The summed E-state index contributed by atoms with van der Waals surface area (Å²) in [6.45, 7) is 3.95. The summed E-state index contributed by atoms with van der Waals surface area (Å²) in [5.41, 5.74) is 1.32. The van der Waals surface area contributed by atoms with Gasteiger partial charge in [0.05, 0.1) is 0 Å². The van der Waals surface area contributed by atoms with E-state index >= 15 is 0 Å². The molecule has 0 amide bonds. The molecule has 0 N–H and O–H groups in total. The average molecular weight is 479 g/mol. The lowest BCUT2D eigenvalue weighted by molar-refractivity contribution is -0.0807. The van der Waals surface area contributed by atoms with Crippen LogP contribution in [0.2, 0.25) is 0 Å². The topological polar surface area (TPSA) is 0 Å². The first-order valence-corrected chi connectivity index (χ1v) is 14.6. The Kier molecular flexibility index (Phi) is 11.3. The Labute approximate surface area is 207 Å². The van der Waals surface area contributed by atoms with E-state index in [9.17, 15) is 13.2 Å². The molecule has 1 aromatic rings. The largest absolute Gasteiger partial charge is 0.282 e. The second-order valence-corrected chi connectivity index (χ2v) is 11.5. The molecule has 0 saturated heterocycles. The maximum atomic E-state index is 14.3. The van der Waals surface area contributed by atoms with Gasteiger partial charge in [0, 0.05) is 6.42 Å². The summed E-state index contributed by atoms with van der Waals surface area (Å²) in [5.74, 6) is -0.0160. The molecule has 0 spiro atoms. The zero-order valence-corrected chi connectivity index (χ0v) is 21.9. The molecule has 2 fully saturated rings. The number of benzene rings is 1. The molecule has 1 atom stereocenters. The summed E-state index contributed by atoms with van der Waals surface area (Å²) in [5, 5.41) is 0. The van der Waals surface area contributed by atoms with Crippen molar-refractivity contribution in [2.75, 3.05) is 0 Å². The van der Waals surface area contributed by atoms with Gasteiger partial charge in [-0.25, -0.2) is 13.2 Å². The Balaban J connectivity index is 1.37. The van der Waals surface area contributed by atoms with Crippen LogP contribution in [-0.4, -0.2) is 5.92 Å². The van der Waals surface area contributed by atoms with Gasteiger partial charge in [0.2, 0.25) is 0 Å². The van der Waals surface area contributed by atoms with E-state index < -0.39 is 18.5 Å². The lowest BCUT2D eigenvalue weighted by Crippen LogP contribution is -2.25. The summed E-state index contributed by atoms with van der Waals surface area (Å²) in [6, 6.07) is 7.01. The molecule has 0 heterocycles. The Morgan fingerprint density at radius 2 is 1.29 bits per heavy atom. The highest BCUT2D eigenvalue weighted by molar-refractivity contribution is 5.28. The van der Waals surface area contributed by atoms with Crippen molar-refractivity contribution in [2.45, 2.75) is 141 Å². The highest BCUT2D eigenvalue weighted by atomic mass is 19.3. The minimum atomic E-state index is -3.28. The molecule has 0 radical (unpaired) electrons. The van der Waals surface area contributed by atoms with E-state index in [-0.39, 0.29) is 12.0 Å². The van der Waals surface area contributed by atoms with E-state index in [0.29, 0.717) is 5.92 Å². The highest BCUT2D eigenvalue weighted by Crippen LogP contribution is 2.45. The summed E-state index contributed by atoms with van der Waals surface area (Å²) in [7, 11) is 0. The SMILES string of the molecule is CCCCCCCC[C@H]1CC[C@H](C2CCC(c3ccc(C(F)C(F)(F)CCC)cc3)CC2)CC1. The standard InChI is InChI=1S/C31H49F3/c1-3-5-6-7-8-9-10-24-11-13-25(14-12-24)26-15-17-27(18-16-26)28-19-21-29(22-20-28)30(32)31(33,34)23-4-2/h19-22,24-27,30H,3-18,23H2,1-2H3/t24-,25-,26?,27?,30?. The van der Waals surface area contributed by atoms with Crippen LogP contribution in [0.15, 0.2) is 24.3 Å². The van der Waals surface area contributed by atoms with Crippen LogP contribution in [0.4, 0.5) is 13.2 Å². The molecule has 3 rings (SSSR count). The third-order valence-electron chi connectivity index (χ3n) is 8.95. The van der Waals surface area contributed by atoms with E-state index in [1.807, 2.05) is 12.1 Å². The van der Waals surface area contributed by atoms with Crippen LogP contribution in [0.1, 0.15) is 146 Å². The maximum Gasteiger partial charge on any atom is 0.282 e. The second kappa shape index (κ2) is 13.9. The van der Waals surface area contributed by atoms with Crippen LogP contribution in [0.25, 0.3) is 0 Å². The summed E-state index contributed by atoms with van der Waals surface area (Å²) in [4.78, 5) is 0. The molecule has 2 aliphatic rings. The molecule has 0 aromatic heterocycles. The van der Waals surface area contributed by atoms with Crippen LogP contribution in [-0.2, 0) is 0 Å². The van der Waals surface area contributed by atoms with Gasteiger partial charge in [0.1, 0.15) is 0 Å². The zero-order chi connectivity index (χ0) is 24.4. The number of alkyl halides is 3. The fraction of sp³-hybridized carbons (Fsp3) is 0.806. The van der Waals surface area contributed by atoms with Crippen molar-refractivity contribution in [2.24, 2.45) is 17.8 Å². The molecule has 0 aliphatic heterocycles. The molecule has 3 heteroatoms. The molecule has 0 nitrogen and oxygen atoms in total. The molecule has 2 aliphatic carbocycles. The number of halogens is 3. The van der Waals surface area contributed by atoms with Gasteiger partial charge in [0.25, 0.3) is 5.92 Å². The molecule has 194 valence electrons. The molecule has 1 aromatic carbocycles. The van der Waals surface area contributed by atoms with Gasteiger partial charge in [-0.3, -0.25) is 0 Å². The van der Waals surface area contributed by atoms with Crippen molar-refractivity contribution in [1.29, 1.82) is 0 Å². The summed E-state index contributed by atoms with van der Waals surface area (Å²) in [6.07, 6.45) is 18.3. The van der Waals surface area contributed by atoms with Crippen LogP contribution in [0, 0.1) is 17.8 Å². The Morgan fingerprint density at radius 3 is 1.88 bits per heavy atom. The van der Waals surface area contributed by atoms with Crippen LogP contribution < -0.4 is 0 Å². The van der Waals surface area contributed by atoms with E-state index in [1.54, 1.807) is 19.1 Å². The van der Waals surface area contributed by atoms with Gasteiger partial charge in [-0.15, -0.1) is 0 Å². The quantitative estimate of drug-likeness (QED) is 0.247. The highest BCUT2D eigenvalue weighted by Gasteiger charge is 2.40. The third-order valence-corrected chi connectivity index (χ3v) is 8.95. The molecule has 1 unspecified atom stereocenters. The Morgan fingerprint density at radius 1 is 0.735 bits per heavy atom. The molecule has 34 heavy (non-hydrogen) atoms. The first-order valence-electron chi connectivity index (χ1n) is 14.6. The van der Waals surface area contributed by atoms with Crippen molar-refractivity contribution < 1.29 is 13.2 Å². The molecular formula is C31H49F3. The smallest absolute Gasteiger partial charge is 0.236 e. The number of hydrogen-bond donors (Lipinski definition) is 0. The lowest BCUT2D eigenvalue weighted by atomic mass is 9.68. The average Bonchev–Trinajstić information content (AvgIpc) is 2.86. The zero-order valence-electron chi connectivity index (χ0n) is 21.9. The minimum absolute atomic E-state index is 0.119. The van der Waals surface area contributed by atoms with Gasteiger partial charge < -0.3 is 0 Å². The van der Waals surface area contributed by atoms with Gasteiger partial charge >= 0.3 is 0 Å². The van der Waals surface area contributed by atoms with E-state index in [0.717, 1.165) is 17.8 Å².